The van der Waals surface area contributed by atoms with Crippen LogP contribution in [0.25, 0.3) is 188 Å². The number of nitrogens with zero attached hydrogens (tertiary/aromatic N) is 6. The van der Waals surface area contributed by atoms with Crippen molar-refractivity contribution in [1.82, 2.24) is 29.9 Å². The summed E-state index contributed by atoms with van der Waals surface area (Å²) in [7, 11) is 0. The molecule has 426 valence electrons. The van der Waals surface area contributed by atoms with E-state index < -0.39 is 0 Å². The van der Waals surface area contributed by atoms with E-state index in [0.717, 1.165) is 55.6 Å². The van der Waals surface area contributed by atoms with Crippen molar-refractivity contribution < 1.29 is 0 Å². The lowest BCUT2D eigenvalue weighted by molar-refractivity contribution is 1.07. The second-order valence-corrected chi connectivity index (χ2v) is 23.7. The van der Waals surface area contributed by atoms with Gasteiger partial charge >= 0.3 is 0 Å². The summed E-state index contributed by atoms with van der Waals surface area (Å²) in [5.74, 6) is 3.84. The molecular formula is C86H52N6. The van der Waals surface area contributed by atoms with Gasteiger partial charge in [-0.15, -0.1) is 0 Å². The molecule has 18 aromatic rings. The Hall–Kier alpha value is -12.4. The molecule has 2 aromatic heterocycles. The van der Waals surface area contributed by atoms with Gasteiger partial charge in [-0.2, -0.15) is 0 Å². The highest BCUT2D eigenvalue weighted by Crippen LogP contribution is 2.47. The molecule has 92 heavy (non-hydrogen) atoms. The molecule has 0 fully saturated rings. The Morgan fingerprint density at radius 1 is 0.141 bits per heavy atom. The number of fused-ring (bicyclic) bond motifs is 16. The number of rotatable bonds is 9. The third-order valence-corrected chi connectivity index (χ3v) is 18.3. The van der Waals surface area contributed by atoms with Crippen molar-refractivity contribution in [3.8, 4) is 102 Å². The first-order valence-electron chi connectivity index (χ1n) is 31.2. The van der Waals surface area contributed by atoms with Crippen LogP contribution in [0.15, 0.2) is 315 Å². The maximum absolute atomic E-state index is 5.02. The summed E-state index contributed by atoms with van der Waals surface area (Å²) >= 11 is 0. The fourth-order valence-corrected chi connectivity index (χ4v) is 13.9. The summed E-state index contributed by atoms with van der Waals surface area (Å²) in [5.41, 5.74) is 12.5. The zero-order valence-corrected chi connectivity index (χ0v) is 49.7. The molecule has 16 aromatic carbocycles. The van der Waals surface area contributed by atoms with E-state index in [9.17, 15) is 0 Å². The third kappa shape index (κ3) is 9.03. The van der Waals surface area contributed by atoms with Gasteiger partial charge in [-0.1, -0.05) is 291 Å². The molecule has 0 bridgehead atoms. The first-order valence-corrected chi connectivity index (χ1v) is 31.2. The normalized spacial score (nSPS) is 11.7. The van der Waals surface area contributed by atoms with E-state index in [1.807, 2.05) is 121 Å². The molecule has 0 spiro atoms. The van der Waals surface area contributed by atoms with Crippen LogP contribution in [0.2, 0.25) is 0 Å². The third-order valence-electron chi connectivity index (χ3n) is 18.3. The van der Waals surface area contributed by atoms with Crippen molar-refractivity contribution in [3.63, 3.8) is 0 Å². The second-order valence-electron chi connectivity index (χ2n) is 23.7. The minimum Gasteiger partial charge on any atom is -0.208 e. The van der Waals surface area contributed by atoms with Gasteiger partial charge in [0.2, 0.25) is 0 Å². The van der Waals surface area contributed by atoms with E-state index in [1.54, 1.807) is 0 Å². The lowest BCUT2D eigenvalue weighted by Crippen LogP contribution is -2.00. The molecule has 0 aliphatic carbocycles. The summed E-state index contributed by atoms with van der Waals surface area (Å²) in [5, 5.41) is 19.7. The van der Waals surface area contributed by atoms with Gasteiger partial charge in [0.05, 0.1) is 0 Å². The maximum atomic E-state index is 5.02. The molecule has 0 saturated carbocycles. The predicted octanol–water partition coefficient (Wildman–Crippen LogP) is 22.3. The van der Waals surface area contributed by atoms with E-state index in [-0.39, 0.29) is 0 Å². The summed E-state index contributed by atoms with van der Waals surface area (Å²) in [4.78, 5) is 29.9. The highest BCUT2D eigenvalue weighted by molar-refractivity contribution is 6.35. The van der Waals surface area contributed by atoms with Gasteiger partial charge in [-0.05, 0) is 144 Å². The Morgan fingerprint density at radius 2 is 0.413 bits per heavy atom. The molecular weight excluding hydrogens is 1120 g/mol. The van der Waals surface area contributed by atoms with Crippen LogP contribution in [-0.4, -0.2) is 29.9 Å². The van der Waals surface area contributed by atoms with Gasteiger partial charge in [0, 0.05) is 33.4 Å². The number of aromatic nitrogens is 6. The SMILES string of the molecule is c1ccc(-c2nc(-c3ccccc3)nc(-c3ccc(-c4ccc5c(ccc6c7ccccc7c7cc(-c8cc9c%10ccccc%10c%10ccc(-c%11ccc(-c%12nc(-c%13ccccc%13)nc(-c%13ccccc%13)n%12)cc%11)cc%10c9c9ccccc89)ccc7c56)c4)cc3)n2)cc1. The van der Waals surface area contributed by atoms with Gasteiger partial charge in [-0.3, -0.25) is 0 Å². The van der Waals surface area contributed by atoms with E-state index in [2.05, 4.69) is 194 Å². The van der Waals surface area contributed by atoms with E-state index >= 15 is 0 Å². The van der Waals surface area contributed by atoms with Crippen molar-refractivity contribution in [2.75, 3.05) is 0 Å². The summed E-state index contributed by atoms with van der Waals surface area (Å²) in [6.45, 7) is 0. The van der Waals surface area contributed by atoms with Gasteiger partial charge in [-0.25, -0.2) is 29.9 Å². The zero-order valence-electron chi connectivity index (χ0n) is 49.7. The standard InChI is InChI=1S/C86H52N6/c1-5-19-55(20-6-1)81-87-82(56-21-7-2-8-22-56)90-85(89-81)59-37-33-53(34-38-59)61-41-45-65-63(49-61)43-47-73-67-28-14-15-29-68(67)76-51-64(44-48-74(76)79(65)73)75-52-78-69-30-16-13-27-66(69)71-46-42-62(50-77(71)80(78)72-32-18-17-31-70(72)75)54-35-39-60(40-36-54)86-91-83(57-23-9-3-10-24-57)88-84(92-86)58-25-11-4-12-26-58/h1-52H. The molecule has 0 aliphatic heterocycles. The van der Waals surface area contributed by atoms with Gasteiger partial charge in [0.15, 0.2) is 34.9 Å². The molecule has 0 saturated heterocycles. The van der Waals surface area contributed by atoms with Crippen LogP contribution in [0, 0.1) is 0 Å². The highest BCUT2D eigenvalue weighted by atomic mass is 15.0. The first-order chi connectivity index (χ1) is 45.6. The Labute approximate surface area is 530 Å². The van der Waals surface area contributed by atoms with Gasteiger partial charge < -0.3 is 0 Å². The lowest BCUT2D eigenvalue weighted by atomic mass is 9.85. The monoisotopic (exact) mass is 1170 g/mol. The maximum Gasteiger partial charge on any atom is 0.164 e. The van der Waals surface area contributed by atoms with Crippen LogP contribution >= 0.6 is 0 Å². The van der Waals surface area contributed by atoms with Crippen LogP contribution in [0.5, 0.6) is 0 Å². The molecule has 6 nitrogen and oxygen atoms in total. The minimum atomic E-state index is 0.632. The predicted molar refractivity (Wildman–Crippen MR) is 382 cm³/mol. The molecule has 6 heteroatoms. The van der Waals surface area contributed by atoms with Crippen LogP contribution in [-0.2, 0) is 0 Å². The molecule has 0 atom stereocenters. The lowest BCUT2D eigenvalue weighted by Gasteiger charge is -2.18. The average Bonchev–Trinajstić information content (AvgIpc) is 0.731. The zero-order chi connectivity index (χ0) is 60.6. The minimum absolute atomic E-state index is 0.632. The quantitative estimate of drug-likeness (QED) is 0.134. The number of hydrogen-bond donors (Lipinski definition) is 0. The Kier molecular flexibility index (Phi) is 12.5. The second kappa shape index (κ2) is 21.7. The average molecular weight is 1170 g/mol. The molecule has 0 amide bonds. The van der Waals surface area contributed by atoms with Crippen molar-refractivity contribution in [3.05, 3.63) is 315 Å². The fraction of sp³-hybridized carbons (Fsp3) is 0. The van der Waals surface area contributed by atoms with Crippen molar-refractivity contribution >= 4 is 86.2 Å². The molecule has 0 unspecified atom stereocenters. The Bertz CT molecular complexity index is 5840. The smallest absolute Gasteiger partial charge is 0.164 e. The summed E-state index contributed by atoms with van der Waals surface area (Å²) in [6, 6.07) is 113. The molecule has 0 N–H and O–H groups in total. The van der Waals surface area contributed by atoms with Crippen LogP contribution < -0.4 is 0 Å². The van der Waals surface area contributed by atoms with Crippen molar-refractivity contribution in [1.29, 1.82) is 0 Å². The molecule has 2 heterocycles. The molecule has 0 radical (unpaired) electrons. The van der Waals surface area contributed by atoms with Gasteiger partial charge in [0.25, 0.3) is 0 Å². The van der Waals surface area contributed by atoms with E-state index in [4.69, 9.17) is 29.9 Å². The van der Waals surface area contributed by atoms with Crippen LogP contribution in [0.4, 0.5) is 0 Å². The Balaban J connectivity index is 0.733. The first kappa shape index (κ1) is 52.7. The number of benzene rings is 16. The van der Waals surface area contributed by atoms with E-state index in [1.165, 1.54) is 97.3 Å². The van der Waals surface area contributed by atoms with E-state index in [0.29, 0.717) is 34.9 Å². The van der Waals surface area contributed by atoms with Crippen LogP contribution in [0.1, 0.15) is 0 Å². The van der Waals surface area contributed by atoms with Crippen LogP contribution in [0.3, 0.4) is 0 Å². The summed E-state index contributed by atoms with van der Waals surface area (Å²) < 4.78 is 0. The van der Waals surface area contributed by atoms with Crippen molar-refractivity contribution in [2.24, 2.45) is 0 Å². The topological polar surface area (TPSA) is 77.3 Å². The molecule has 18 rings (SSSR count). The van der Waals surface area contributed by atoms with Gasteiger partial charge in [0.1, 0.15) is 0 Å². The molecule has 0 aliphatic rings. The largest absolute Gasteiger partial charge is 0.208 e. The Morgan fingerprint density at radius 3 is 0.902 bits per heavy atom. The summed E-state index contributed by atoms with van der Waals surface area (Å²) in [6.07, 6.45) is 0. The number of hydrogen-bond acceptors (Lipinski definition) is 6. The van der Waals surface area contributed by atoms with Crippen molar-refractivity contribution in [2.45, 2.75) is 0 Å². The fourth-order valence-electron chi connectivity index (χ4n) is 13.9. The highest BCUT2D eigenvalue weighted by Gasteiger charge is 2.20.